The van der Waals surface area contributed by atoms with E-state index >= 15 is 0 Å². The summed E-state index contributed by atoms with van der Waals surface area (Å²) in [6.07, 6.45) is 2.52. The summed E-state index contributed by atoms with van der Waals surface area (Å²) >= 11 is 0. The molecule has 0 aromatic carbocycles. The van der Waals surface area contributed by atoms with Crippen LogP contribution in [0.25, 0.3) is 0 Å². The van der Waals surface area contributed by atoms with Gasteiger partial charge in [0.1, 0.15) is 0 Å². The largest absolute Gasteiger partial charge is 0.396 e. The third-order valence-corrected chi connectivity index (χ3v) is 2.41. The number of aryl methyl sites for hydroxylation is 1. The zero-order chi connectivity index (χ0) is 11.6. The Morgan fingerprint density at radius 3 is 2.60 bits per heavy atom. The highest BCUT2D eigenvalue weighted by Crippen LogP contribution is 2.28. The molecule has 1 rings (SSSR count). The Bertz CT molecular complexity index is 325. The summed E-state index contributed by atoms with van der Waals surface area (Å²) in [5.41, 5.74) is 8.05. The smallest absolute Gasteiger partial charge is 0.0725 e. The molecule has 15 heavy (non-hydrogen) atoms. The van der Waals surface area contributed by atoms with E-state index in [2.05, 4.69) is 25.9 Å². The van der Waals surface area contributed by atoms with Crippen molar-refractivity contribution in [2.75, 3.05) is 6.61 Å². The summed E-state index contributed by atoms with van der Waals surface area (Å²) in [6.45, 7) is 6.46. The second-order valence-corrected chi connectivity index (χ2v) is 4.98. The standard InChI is InChI=1S/C11H21N3O/c1-11(2,3)10-8(7-14(4)13-10)9(12)5-6-15/h7,9,15H,5-6,12H2,1-4H3. The van der Waals surface area contributed by atoms with E-state index in [0.29, 0.717) is 6.42 Å². The number of hydrogen-bond acceptors (Lipinski definition) is 3. The maximum Gasteiger partial charge on any atom is 0.0725 e. The van der Waals surface area contributed by atoms with E-state index in [1.807, 2.05) is 13.2 Å². The van der Waals surface area contributed by atoms with Crippen LogP contribution in [0.3, 0.4) is 0 Å². The van der Waals surface area contributed by atoms with Crippen LogP contribution in [-0.2, 0) is 12.5 Å². The van der Waals surface area contributed by atoms with Gasteiger partial charge in [0.15, 0.2) is 0 Å². The Morgan fingerprint density at radius 1 is 1.53 bits per heavy atom. The molecule has 0 bridgehead atoms. The Hall–Kier alpha value is -0.870. The Kier molecular flexibility index (Phi) is 3.52. The highest BCUT2D eigenvalue weighted by atomic mass is 16.3. The Morgan fingerprint density at radius 2 is 2.13 bits per heavy atom. The van der Waals surface area contributed by atoms with Crippen LogP contribution in [-0.4, -0.2) is 21.5 Å². The van der Waals surface area contributed by atoms with Gasteiger partial charge in [-0.3, -0.25) is 4.68 Å². The van der Waals surface area contributed by atoms with Crippen molar-refractivity contribution in [3.8, 4) is 0 Å². The first-order chi connectivity index (χ1) is 6.86. The fraction of sp³-hybridized carbons (Fsp3) is 0.727. The van der Waals surface area contributed by atoms with Gasteiger partial charge in [0.05, 0.1) is 5.69 Å². The number of nitrogens with zero attached hydrogens (tertiary/aromatic N) is 2. The molecule has 3 N–H and O–H groups in total. The summed E-state index contributed by atoms with van der Waals surface area (Å²) in [7, 11) is 1.89. The predicted octanol–water partition coefficient (Wildman–Crippen LogP) is 1.10. The molecule has 1 heterocycles. The van der Waals surface area contributed by atoms with E-state index in [9.17, 15) is 0 Å². The highest BCUT2D eigenvalue weighted by Gasteiger charge is 2.24. The normalized spacial score (nSPS) is 14.3. The van der Waals surface area contributed by atoms with Crippen molar-refractivity contribution in [1.29, 1.82) is 0 Å². The first kappa shape index (κ1) is 12.2. The second kappa shape index (κ2) is 4.33. The van der Waals surface area contributed by atoms with Crippen LogP contribution < -0.4 is 5.73 Å². The average Bonchev–Trinajstić information content (AvgIpc) is 2.47. The highest BCUT2D eigenvalue weighted by molar-refractivity contribution is 5.27. The first-order valence-corrected chi connectivity index (χ1v) is 5.26. The molecule has 0 saturated heterocycles. The van der Waals surface area contributed by atoms with E-state index in [-0.39, 0.29) is 18.1 Å². The van der Waals surface area contributed by atoms with Crippen molar-refractivity contribution in [3.63, 3.8) is 0 Å². The van der Waals surface area contributed by atoms with Gasteiger partial charge in [0.2, 0.25) is 0 Å². The van der Waals surface area contributed by atoms with E-state index in [0.717, 1.165) is 11.3 Å². The van der Waals surface area contributed by atoms with Crippen molar-refractivity contribution in [2.45, 2.75) is 38.6 Å². The summed E-state index contributed by atoms with van der Waals surface area (Å²) in [5.74, 6) is 0. The first-order valence-electron chi connectivity index (χ1n) is 5.26. The monoisotopic (exact) mass is 211 g/mol. The van der Waals surface area contributed by atoms with Gasteiger partial charge < -0.3 is 10.8 Å². The fourth-order valence-corrected chi connectivity index (χ4v) is 1.66. The minimum Gasteiger partial charge on any atom is -0.396 e. The predicted molar refractivity (Wildman–Crippen MR) is 60.5 cm³/mol. The van der Waals surface area contributed by atoms with Crippen LogP contribution in [0.15, 0.2) is 6.20 Å². The minimum atomic E-state index is -0.127. The lowest BCUT2D eigenvalue weighted by Crippen LogP contribution is -2.20. The molecule has 0 saturated carbocycles. The molecule has 0 aliphatic rings. The molecule has 0 fully saturated rings. The lowest BCUT2D eigenvalue weighted by molar-refractivity contribution is 0.276. The summed E-state index contributed by atoms with van der Waals surface area (Å²) < 4.78 is 1.78. The van der Waals surface area contributed by atoms with Crippen LogP contribution in [0.5, 0.6) is 0 Å². The molecular weight excluding hydrogens is 190 g/mol. The van der Waals surface area contributed by atoms with Gasteiger partial charge in [-0.25, -0.2) is 0 Å². The summed E-state index contributed by atoms with van der Waals surface area (Å²) in [6, 6.07) is -0.127. The number of nitrogens with two attached hydrogens (primary N) is 1. The number of aliphatic hydroxyl groups is 1. The topological polar surface area (TPSA) is 64.1 Å². The summed E-state index contributed by atoms with van der Waals surface area (Å²) in [4.78, 5) is 0. The molecule has 1 aromatic heterocycles. The molecule has 0 aliphatic carbocycles. The number of hydrogen-bond donors (Lipinski definition) is 2. The Labute approximate surface area is 91.1 Å². The Balaban J connectivity index is 3.06. The van der Waals surface area contributed by atoms with Gasteiger partial charge >= 0.3 is 0 Å². The van der Waals surface area contributed by atoms with Gasteiger partial charge in [-0.1, -0.05) is 20.8 Å². The van der Waals surface area contributed by atoms with Gasteiger partial charge in [-0.05, 0) is 6.42 Å². The quantitative estimate of drug-likeness (QED) is 0.787. The fourth-order valence-electron chi connectivity index (χ4n) is 1.66. The molecule has 0 spiro atoms. The molecule has 86 valence electrons. The molecule has 0 amide bonds. The SMILES string of the molecule is Cn1cc(C(N)CCO)c(C(C)(C)C)n1. The van der Waals surface area contributed by atoms with Crippen molar-refractivity contribution in [3.05, 3.63) is 17.5 Å². The van der Waals surface area contributed by atoms with E-state index in [1.165, 1.54) is 0 Å². The number of aromatic nitrogens is 2. The summed E-state index contributed by atoms with van der Waals surface area (Å²) in [5, 5.41) is 13.3. The molecule has 0 radical (unpaired) electrons. The van der Waals surface area contributed by atoms with Crippen molar-refractivity contribution >= 4 is 0 Å². The number of rotatable bonds is 3. The minimum absolute atomic E-state index is 0.0102. The van der Waals surface area contributed by atoms with Gasteiger partial charge in [0.25, 0.3) is 0 Å². The third-order valence-electron chi connectivity index (χ3n) is 2.41. The van der Waals surface area contributed by atoms with Gasteiger partial charge in [-0.15, -0.1) is 0 Å². The third kappa shape index (κ3) is 2.79. The molecule has 1 unspecified atom stereocenters. The molecule has 4 nitrogen and oxygen atoms in total. The lowest BCUT2D eigenvalue weighted by atomic mass is 9.87. The van der Waals surface area contributed by atoms with Crippen LogP contribution in [0.1, 0.15) is 44.5 Å². The van der Waals surface area contributed by atoms with Crippen LogP contribution in [0.4, 0.5) is 0 Å². The molecule has 0 aliphatic heterocycles. The van der Waals surface area contributed by atoms with Gasteiger partial charge in [-0.2, -0.15) is 5.10 Å². The van der Waals surface area contributed by atoms with Crippen LogP contribution >= 0.6 is 0 Å². The van der Waals surface area contributed by atoms with E-state index in [1.54, 1.807) is 4.68 Å². The second-order valence-electron chi connectivity index (χ2n) is 4.98. The molecule has 1 atom stereocenters. The van der Waals surface area contributed by atoms with E-state index in [4.69, 9.17) is 10.8 Å². The average molecular weight is 211 g/mol. The lowest BCUT2D eigenvalue weighted by Gasteiger charge is -2.20. The van der Waals surface area contributed by atoms with Crippen LogP contribution in [0, 0.1) is 0 Å². The molecule has 1 aromatic rings. The van der Waals surface area contributed by atoms with Crippen LogP contribution in [0.2, 0.25) is 0 Å². The zero-order valence-electron chi connectivity index (χ0n) is 9.99. The van der Waals surface area contributed by atoms with Crippen molar-refractivity contribution in [1.82, 2.24) is 9.78 Å². The van der Waals surface area contributed by atoms with E-state index < -0.39 is 0 Å². The maximum atomic E-state index is 8.89. The zero-order valence-corrected chi connectivity index (χ0v) is 9.99. The van der Waals surface area contributed by atoms with Crippen molar-refractivity contribution < 1.29 is 5.11 Å². The van der Waals surface area contributed by atoms with Crippen molar-refractivity contribution in [2.24, 2.45) is 12.8 Å². The molecular formula is C11H21N3O. The maximum absolute atomic E-state index is 8.89. The van der Waals surface area contributed by atoms with Gasteiger partial charge in [0, 0.05) is 36.9 Å². The molecule has 4 heteroatoms. The number of aliphatic hydroxyl groups excluding tert-OH is 1.